The van der Waals surface area contributed by atoms with Crippen LogP contribution in [0.4, 0.5) is 0 Å². The molecule has 106 valence electrons. The third-order valence-electron chi connectivity index (χ3n) is 3.01. The zero-order valence-electron chi connectivity index (χ0n) is 10.8. The zero-order valence-corrected chi connectivity index (χ0v) is 11.6. The van der Waals surface area contributed by atoms with Crippen molar-refractivity contribution in [2.24, 2.45) is 0 Å². The van der Waals surface area contributed by atoms with E-state index in [2.05, 4.69) is 5.32 Å². The normalized spacial score (nSPS) is 20.4. The van der Waals surface area contributed by atoms with Gasteiger partial charge in [-0.3, -0.25) is 0 Å². The minimum atomic E-state index is -0.541. The van der Waals surface area contributed by atoms with Crippen LogP contribution < -0.4 is 10.1 Å². The summed E-state index contributed by atoms with van der Waals surface area (Å²) in [6.45, 7) is 2.39. The predicted molar refractivity (Wildman–Crippen MR) is 74.8 cm³/mol. The Bertz CT molecular complexity index is 383. The van der Waals surface area contributed by atoms with Gasteiger partial charge in [0.05, 0.1) is 6.10 Å². The van der Waals surface area contributed by atoms with E-state index in [9.17, 15) is 5.11 Å². The van der Waals surface area contributed by atoms with Crippen LogP contribution in [0.15, 0.2) is 24.3 Å². The fraction of sp³-hybridized carbons (Fsp3) is 0.571. The molecule has 1 fully saturated rings. The van der Waals surface area contributed by atoms with E-state index in [-0.39, 0.29) is 6.61 Å². The molecule has 0 spiro atoms. The Hall–Kier alpha value is -0.810. The summed E-state index contributed by atoms with van der Waals surface area (Å²) < 4.78 is 11.0. The topological polar surface area (TPSA) is 50.7 Å². The first-order valence-corrected chi connectivity index (χ1v) is 7.00. The molecule has 1 aliphatic heterocycles. The van der Waals surface area contributed by atoms with E-state index < -0.39 is 6.10 Å². The largest absolute Gasteiger partial charge is 0.491 e. The summed E-state index contributed by atoms with van der Waals surface area (Å²) >= 11 is 5.85. The first kappa shape index (κ1) is 14.6. The van der Waals surface area contributed by atoms with Crippen LogP contribution in [0.3, 0.4) is 0 Å². The number of hydrogen-bond acceptors (Lipinski definition) is 4. The molecular formula is C14H20ClNO3. The van der Waals surface area contributed by atoms with E-state index >= 15 is 0 Å². The van der Waals surface area contributed by atoms with E-state index in [0.29, 0.717) is 23.4 Å². The maximum atomic E-state index is 9.79. The van der Waals surface area contributed by atoms with Gasteiger partial charge in [-0.2, -0.15) is 0 Å². The van der Waals surface area contributed by atoms with Crippen molar-refractivity contribution in [2.75, 3.05) is 26.3 Å². The Balaban J connectivity index is 1.60. The van der Waals surface area contributed by atoms with Crippen molar-refractivity contribution in [3.8, 4) is 5.75 Å². The highest BCUT2D eigenvalue weighted by Crippen LogP contribution is 2.17. The van der Waals surface area contributed by atoms with Gasteiger partial charge in [-0.1, -0.05) is 17.7 Å². The van der Waals surface area contributed by atoms with Gasteiger partial charge in [0.1, 0.15) is 18.5 Å². The lowest BCUT2D eigenvalue weighted by molar-refractivity contribution is 0.0882. The van der Waals surface area contributed by atoms with E-state index in [1.54, 1.807) is 12.1 Å². The maximum absolute atomic E-state index is 9.79. The van der Waals surface area contributed by atoms with Crippen molar-refractivity contribution in [3.63, 3.8) is 0 Å². The van der Waals surface area contributed by atoms with Crippen molar-refractivity contribution in [1.82, 2.24) is 5.32 Å². The van der Waals surface area contributed by atoms with Crippen molar-refractivity contribution in [3.05, 3.63) is 29.3 Å². The van der Waals surface area contributed by atoms with Crippen molar-refractivity contribution in [2.45, 2.75) is 25.0 Å². The third kappa shape index (κ3) is 5.37. The molecule has 5 heteroatoms. The standard InChI is InChI=1S/C14H20ClNO3/c15-11-3-1-4-13(7-11)19-10-12(17)8-16-9-14-5-2-6-18-14/h1,3-4,7,12,14,16-17H,2,5-6,8-10H2. The number of halogens is 1. The molecule has 0 aliphatic carbocycles. The van der Waals surface area contributed by atoms with Gasteiger partial charge in [0, 0.05) is 24.7 Å². The quantitative estimate of drug-likeness (QED) is 0.803. The second kappa shape index (κ2) is 7.70. The molecule has 0 aromatic heterocycles. The molecule has 2 atom stereocenters. The van der Waals surface area contributed by atoms with Crippen LogP contribution in [-0.2, 0) is 4.74 Å². The Morgan fingerprint density at radius 3 is 3.16 bits per heavy atom. The molecule has 0 radical (unpaired) electrons. The van der Waals surface area contributed by atoms with Gasteiger partial charge in [-0.05, 0) is 31.0 Å². The van der Waals surface area contributed by atoms with Crippen LogP contribution in [0.2, 0.25) is 5.02 Å². The second-order valence-electron chi connectivity index (χ2n) is 4.72. The zero-order chi connectivity index (χ0) is 13.5. The number of benzene rings is 1. The lowest BCUT2D eigenvalue weighted by Gasteiger charge is -2.15. The van der Waals surface area contributed by atoms with Gasteiger partial charge in [0.2, 0.25) is 0 Å². The van der Waals surface area contributed by atoms with E-state index in [4.69, 9.17) is 21.1 Å². The number of aliphatic hydroxyl groups excluding tert-OH is 1. The van der Waals surface area contributed by atoms with Crippen LogP contribution in [0.1, 0.15) is 12.8 Å². The number of hydrogen-bond donors (Lipinski definition) is 2. The SMILES string of the molecule is OC(CNCC1CCCO1)COc1cccc(Cl)c1. The molecule has 2 N–H and O–H groups in total. The lowest BCUT2D eigenvalue weighted by atomic mass is 10.2. The Labute approximate surface area is 118 Å². The minimum absolute atomic E-state index is 0.249. The summed E-state index contributed by atoms with van der Waals surface area (Å²) in [5, 5.41) is 13.6. The first-order chi connectivity index (χ1) is 9.24. The predicted octanol–water partition coefficient (Wildman–Crippen LogP) is 1.85. The van der Waals surface area contributed by atoms with Gasteiger partial charge in [0.25, 0.3) is 0 Å². The molecule has 0 saturated carbocycles. The fourth-order valence-corrected chi connectivity index (χ4v) is 2.20. The molecular weight excluding hydrogens is 266 g/mol. The number of aliphatic hydroxyl groups is 1. The molecule has 2 unspecified atom stereocenters. The molecule has 2 rings (SSSR count). The number of rotatable bonds is 7. The third-order valence-corrected chi connectivity index (χ3v) is 3.25. The highest BCUT2D eigenvalue weighted by molar-refractivity contribution is 6.30. The van der Waals surface area contributed by atoms with Gasteiger partial charge < -0.3 is 19.9 Å². The van der Waals surface area contributed by atoms with Crippen LogP contribution in [0.5, 0.6) is 5.75 Å². The van der Waals surface area contributed by atoms with Crippen LogP contribution >= 0.6 is 11.6 Å². The molecule has 1 aromatic carbocycles. The summed E-state index contributed by atoms with van der Waals surface area (Å²) in [6, 6.07) is 7.15. The monoisotopic (exact) mass is 285 g/mol. The lowest BCUT2D eigenvalue weighted by Crippen LogP contribution is -2.35. The average molecular weight is 286 g/mol. The molecule has 1 aliphatic rings. The van der Waals surface area contributed by atoms with Crippen molar-refractivity contribution < 1.29 is 14.6 Å². The molecule has 1 aromatic rings. The summed E-state index contributed by atoms with van der Waals surface area (Å²) in [7, 11) is 0. The minimum Gasteiger partial charge on any atom is -0.491 e. The molecule has 0 bridgehead atoms. The Morgan fingerprint density at radius 2 is 2.42 bits per heavy atom. The molecule has 4 nitrogen and oxygen atoms in total. The van der Waals surface area contributed by atoms with Crippen molar-refractivity contribution in [1.29, 1.82) is 0 Å². The van der Waals surface area contributed by atoms with Crippen LogP contribution in [0.25, 0.3) is 0 Å². The Kier molecular flexibility index (Phi) is 5.92. The van der Waals surface area contributed by atoms with Crippen LogP contribution in [-0.4, -0.2) is 43.6 Å². The second-order valence-corrected chi connectivity index (χ2v) is 5.15. The highest BCUT2D eigenvalue weighted by atomic mass is 35.5. The summed E-state index contributed by atoms with van der Waals surface area (Å²) in [5.74, 6) is 0.672. The summed E-state index contributed by atoms with van der Waals surface area (Å²) in [4.78, 5) is 0. The van der Waals surface area contributed by atoms with Gasteiger partial charge >= 0.3 is 0 Å². The summed E-state index contributed by atoms with van der Waals surface area (Å²) in [5.41, 5.74) is 0. The van der Waals surface area contributed by atoms with Gasteiger partial charge in [0.15, 0.2) is 0 Å². The van der Waals surface area contributed by atoms with Crippen molar-refractivity contribution >= 4 is 11.6 Å². The highest BCUT2D eigenvalue weighted by Gasteiger charge is 2.15. The van der Waals surface area contributed by atoms with E-state index in [1.165, 1.54) is 0 Å². The van der Waals surface area contributed by atoms with Crippen LogP contribution in [0, 0.1) is 0 Å². The first-order valence-electron chi connectivity index (χ1n) is 6.63. The fourth-order valence-electron chi connectivity index (χ4n) is 2.02. The van der Waals surface area contributed by atoms with E-state index in [1.807, 2.05) is 12.1 Å². The van der Waals surface area contributed by atoms with Gasteiger partial charge in [-0.25, -0.2) is 0 Å². The smallest absolute Gasteiger partial charge is 0.120 e. The maximum Gasteiger partial charge on any atom is 0.120 e. The molecule has 1 heterocycles. The Morgan fingerprint density at radius 1 is 1.53 bits per heavy atom. The summed E-state index contributed by atoms with van der Waals surface area (Å²) in [6.07, 6.45) is 1.98. The van der Waals surface area contributed by atoms with Gasteiger partial charge in [-0.15, -0.1) is 0 Å². The van der Waals surface area contributed by atoms with E-state index in [0.717, 1.165) is 26.0 Å². The number of nitrogens with one attached hydrogen (secondary N) is 1. The molecule has 19 heavy (non-hydrogen) atoms. The molecule has 1 saturated heterocycles. The number of ether oxygens (including phenoxy) is 2. The molecule has 0 amide bonds. The average Bonchev–Trinajstić information content (AvgIpc) is 2.90.